The van der Waals surface area contributed by atoms with Gasteiger partial charge in [-0.15, -0.1) is 0 Å². The van der Waals surface area contributed by atoms with E-state index in [0.717, 1.165) is 13.0 Å². The van der Waals surface area contributed by atoms with E-state index in [1.807, 2.05) is 0 Å². The maximum Gasteiger partial charge on any atom is 0.0713 e. The fraction of sp³-hybridized carbons (Fsp3) is 0.467. The monoisotopic (exact) mass is 246 g/mol. The van der Waals surface area contributed by atoms with Gasteiger partial charge >= 0.3 is 0 Å². The molecule has 0 aliphatic carbocycles. The van der Waals surface area contributed by atoms with E-state index in [2.05, 4.69) is 48.5 Å². The molecule has 3 heteroatoms. The molecule has 0 spiro atoms. The van der Waals surface area contributed by atoms with Crippen molar-refractivity contribution < 1.29 is 4.74 Å². The molecule has 0 aliphatic heterocycles. The van der Waals surface area contributed by atoms with Gasteiger partial charge in [0.25, 0.3) is 0 Å². The average Bonchev–Trinajstić information content (AvgIpc) is 2.72. The van der Waals surface area contributed by atoms with Gasteiger partial charge in [-0.1, -0.05) is 19.9 Å². The van der Waals surface area contributed by atoms with Gasteiger partial charge in [0.1, 0.15) is 0 Å². The van der Waals surface area contributed by atoms with Crippen LogP contribution in [0.5, 0.6) is 0 Å². The standard InChI is InChI=1S/C15H22N2O/c1-11(2)16-7-6-13-9-17-15-5-4-12(10-18-3)8-14(13)15/h4-5,8-9,11,16-17H,6-7,10H2,1-3H3. The summed E-state index contributed by atoms with van der Waals surface area (Å²) in [5.41, 5.74) is 3.80. The lowest BCUT2D eigenvalue weighted by atomic mass is 10.1. The van der Waals surface area contributed by atoms with Crippen molar-refractivity contribution in [1.29, 1.82) is 0 Å². The second kappa shape index (κ2) is 6.03. The molecule has 1 aromatic carbocycles. The molecule has 0 bridgehead atoms. The number of aromatic amines is 1. The van der Waals surface area contributed by atoms with E-state index in [-0.39, 0.29) is 0 Å². The highest BCUT2D eigenvalue weighted by Crippen LogP contribution is 2.20. The second-order valence-corrected chi connectivity index (χ2v) is 4.99. The van der Waals surface area contributed by atoms with Crippen molar-refractivity contribution in [2.45, 2.75) is 32.9 Å². The smallest absolute Gasteiger partial charge is 0.0713 e. The Hall–Kier alpha value is -1.32. The zero-order valence-corrected chi connectivity index (χ0v) is 11.4. The zero-order valence-electron chi connectivity index (χ0n) is 11.4. The number of fused-ring (bicyclic) bond motifs is 1. The van der Waals surface area contributed by atoms with Crippen molar-refractivity contribution in [2.24, 2.45) is 0 Å². The quantitative estimate of drug-likeness (QED) is 0.822. The summed E-state index contributed by atoms with van der Waals surface area (Å²) in [4.78, 5) is 3.33. The Morgan fingerprint density at radius 1 is 1.33 bits per heavy atom. The average molecular weight is 246 g/mol. The van der Waals surface area contributed by atoms with Crippen LogP contribution in [0.1, 0.15) is 25.0 Å². The molecule has 0 unspecified atom stereocenters. The molecule has 1 heterocycles. The minimum atomic E-state index is 0.541. The van der Waals surface area contributed by atoms with E-state index in [4.69, 9.17) is 4.74 Å². The van der Waals surface area contributed by atoms with Crippen molar-refractivity contribution in [1.82, 2.24) is 10.3 Å². The van der Waals surface area contributed by atoms with Crippen molar-refractivity contribution in [2.75, 3.05) is 13.7 Å². The SMILES string of the molecule is COCc1ccc2[nH]cc(CCNC(C)C)c2c1. The molecule has 0 saturated heterocycles. The van der Waals surface area contributed by atoms with Gasteiger partial charge in [-0.3, -0.25) is 0 Å². The minimum Gasteiger partial charge on any atom is -0.380 e. The summed E-state index contributed by atoms with van der Waals surface area (Å²) in [6.07, 6.45) is 3.16. The lowest BCUT2D eigenvalue weighted by Crippen LogP contribution is -2.24. The topological polar surface area (TPSA) is 37.0 Å². The van der Waals surface area contributed by atoms with Crippen molar-refractivity contribution in [3.8, 4) is 0 Å². The fourth-order valence-electron chi connectivity index (χ4n) is 2.18. The molecular weight excluding hydrogens is 224 g/mol. The van der Waals surface area contributed by atoms with Gasteiger partial charge in [0.2, 0.25) is 0 Å². The van der Waals surface area contributed by atoms with Gasteiger partial charge in [0, 0.05) is 30.3 Å². The highest BCUT2D eigenvalue weighted by molar-refractivity contribution is 5.83. The van der Waals surface area contributed by atoms with Gasteiger partial charge in [-0.25, -0.2) is 0 Å². The number of rotatable bonds is 6. The number of methoxy groups -OCH3 is 1. The van der Waals surface area contributed by atoms with Crippen LogP contribution in [0.15, 0.2) is 24.4 Å². The summed E-state index contributed by atoms with van der Waals surface area (Å²) in [5, 5.41) is 4.76. The third-order valence-corrected chi connectivity index (χ3v) is 3.09. The van der Waals surface area contributed by atoms with Crippen LogP contribution in [0.25, 0.3) is 10.9 Å². The van der Waals surface area contributed by atoms with Crippen LogP contribution in [0, 0.1) is 0 Å². The Morgan fingerprint density at radius 3 is 2.89 bits per heavy atom. The molecule has 0 saturated carbocycles. The fourth-order valence-corrected chi connectivity index (χ4v) is 2.18. The minimum absolute atomic E-state index is 0.541. The predicted octanol–water partition coefficient (Wildman–Crippen LogP) is 2.85. The van der Waals surface area contributed by atoms with Gasteiger partial charge in [0.15, 0.2) is 0 Å². The molecule has 0 radical (unpaired) electrons. The van der Waals surface area contributed by atoms with Crippen LogP contribution in [-0.2, 0) is 17.8 Å². The Labute approximate surface area is 109 Å². The summed E-state index contributed by atoms with van der Waals surface area (Å²) in [7, 11) is 1.73. The summed E-state index contributed by atoms with van der Waals surface area (Å²) in [5.74, 6) is 0. The molecule has 2 rings (SSSR count). The Morgan fingerprint density at radius 2 is 2.17 bits per heavy atom. The van der Waals surface area contributed by atoms with Crippen molar-refractivity contribution >= 4 is 10.9 Å². The molecule has 98 valence electrons. The van der Waals surface area contributed by atoms with Crippen LogP contribution >= 0.6 is 0 Å². The van der Waals surface area contributed by atoms with Crippen LogP contribution in [0.3, 0.4) is 0 Å². The van der Waals surface area contributed by atoms with Gasteiger partial charge < -0.3 is 15.0 Å². The molecular formula is C15H22N2O. The third kappa shape index (κ3) is 3.12. The normalized spacial score (nSPS) is 11.6. The van der Waals surface area contributed by atoms with Crippen molar-refractivity contribution in [3.63, 3.8) is 0 Å². The molecule has 18 heavy (non-hydrogen) atoms. The number of aromatic nitrogens is 1. The molecule has 0 fully saturated rings. The largest absolute Gasteiger partial charge is 0.380 e. The first kappa shape index (κ1) is 13.1. The number of hydrogen-bond acceptors (Lipinski definition) is 2. The first-order chi connectivity index (χ1) is 8.70. The first-order valence-electron chi connectivity index (χ1n) is 6.52. The predicted molar refractivity (Wildman–Crippen MR) is 75.9 cm³/mol. The number of benzene rings is 1. The number of H-pyrrole nitrogens is 1. The second-order valence-electron chi connectivity index (χ2n) is 4.99. The highest BCUT2D eigenvalue weighted by Gasteiger charge is 2.05. The van der Waals surface area contributed by atoms with E-state index in [0.29, 0.717) is 12.6 Å². The number of hydrogen-bond donors (Lipinski definition) is 2. The van der Waals surface area contributed by atoms with Crippen LogP contribution in [0.2, 0.25) is 0 Å². The number of nitrogens with one attached hydrogen (secondary N) is 2. The van der Waals surface area contributed by atoms with Crippen LogP contribution < -0.4 is 5.32 Å². The Bertz CT molecular complexity index is 502. The van der Waals surface area contributed by atoms with Crippen LogP contribution in [0.4, 0.5) is 0 Å². The van der Waals surface area contributed by atoms with Crippen LogP contribution in [-0.4, -0.2) is 24.7 Å². The summed E-state index contributed by atoms with van der Waals surface area (Å²) < 4.78 is 5.18. The zero-order chi connectivity index (χ0) is 13.0. The van der Waals surface area contributed by atoms with E-state index < -0.39 is 0 Å². The highest BCUT2D eigenvalue weighted by atomic mass is 16.5. The van der Waals surface area contributed by atoms with E-state index in [9.17, 15) is 0 Å². The molecule has 3 nitrogen and oxygen atoms in total. The van der Waals surface area contributed by atoms with E-state index in [1.54, 1.807) is 7.11 Å². The maximum absolute atomic E-state index is 5.18. The van der Waals surface area contributed by atoms with Gasteiger partial charge in [-0.05, 0) is 36.2 Å². The first-order valence-corrected chi connectivity index (χ1v) is 6.52. The Balaban J connectivity index is 2.14. The maximum atomic E-state index is 5.18. The molecule has 1 aromatic heterocycles. The van der Waals surface area contributed by atoms with Gasteiger partial charge in [0.05, 0.1) is 6.61 Å². The van der Waals surface area contributed by atoms with Crippen molar-refractivity contribution in [3.05, 3.63) is 35.5 Å². The summed E-state index contributed by atoms with van der Waals surface area (Å²) in [6, 6.07) is 7.00. The number of ether oxygens (including phenoxy) is 1. The summed E-state index contributed by atoms with van der Waals surface area (Å²) in [6.45, 7) is 6.03. The third-order valence-electron chi connectivity index (χ3n) is 3.09. The molecule has 0 atom stereocenters. The van der Waals surface area contributed by atoms with E-state index >= 15 is 0 Å². The Kier molecular flexibility index (Phi) is 4.39. The molecule has 0 amide bonds. The lowest BCUT2D eigenvalue weighted by molar-refractivity contribution is 0.185. The summed E-state index contributed by atoms with van der Waals surface area (Å²) >= 11 is 0. The molecule has 0 aliphatic rings. The molecule has 2 N–H and O–H groups in total. The van der Waals surface area contributed by atoms with Gasteiger partial charge in [-0.2, -0.15) is 0 Å². The lowest BCUT2D eigenvalue weighted by Gasteiger charge is -2.07. The molecule has 2 aromatic rings. The van der Waals surface area contributed by atoms with E-state index in [1.165, 1.54) is 22.0 Å².